The summed E-state index contributed by atoms with van der Waals surface area (Å²) in [6, 6.07) is 16.1. The Balaban J connectivity index is 2.11. The van der Waals surface area contributed by atoms with Gasteiger partial charge >= 0.3 is 0 Å². The van der Waals surface area contributed by atoms with E-state index in [1.54, 1.807) is 36.4 Å². The zero-order chi connectivity index (χ0) is 11.4. The highest BCUT2D eigenvalue weighted by molar-refractivity contribution is 6.04. The molecule has 2 rings (SSSR count). The molecule has 2 aromatic carbocycles. The molecule has 3 heteroatoms. The van der Waals surface area contributed by atoms with E-state index in [2.05, 4.69) is 5.32 Å². The Labute approximate surface area is 93.9 Å². The number of hydrogen-bond donors (Lipinski definition) is 2. The van der Waals surface area contributed by atoms with Gasteiger partial charge in [-0.15, -0.1) is 0 Å². The topological polar surface area (TPSA) is 55.1 Å². The van der Waals surface area contributed by atoms with Crippen molar-refractivity contribution in [2.75, 3.05) is 11.1 Å². The average molecular weight is 212 g/mol. The Morgan fingerprint density at radius 1 is 0.938 bits per heavy atom. The number of hydrogen-bond acceptors (Lipinski definition) is 2. The van der Waals surface area contributed by atoms with Gasteiger partial charge in [0, 0.05) is 16.9 Å². The number of carbonyl (C=O) groups is 1. The molecule has 0 aliphatic rings. The summed E-state index contributed by atoms with van der Waals surface area (Å²) in [7, 11) is 0. The minimum atomic E-state index is -0.120. The number of rotatable bonds is 2. The van der Waals surface area contributed by atoms with Gasteiger partial charge in [0.2, 0.25) is 0 Å². The summed E-state index contributed by atoms with van der Waals surface area (Å²) < 4.78 is 0. The summed E-state index contributed by atoms with van der Waals surface area (Å²) in [5.41, 5.74) is 7.61. The Kier molecular flexibility index (Phi) is 2.87. The van der Waals surface area contributed by atoms with E-state index < -0.39 is 0 Å². The molecule has 0 bridgehead atoms. The average Bonchev–Trinajstić information content (AvgIpc) is 2.33. The lowest BCUT2D eigenvalue weighted by molar-refractivity contribution is 0.102. The smallest absolute Gasteiger partial charge is 0.255 e. The van der Waals surface area contributed by atoms with E-state index in [-0.39, 0.29) is 5.91 Å². The molecule has 0 atom stereocenters. The van der Waals surface area contributed by atoms with Crippen LogP contribution in [0.1, 0.15) is 10.4 Å². The van der Waals surface area contributed by atoms with Crippen molar-refractivity contribution in [2.24, 2.45) is 0 Å². The summed E-state index contributed by atoms with van der Waals surface area (Å²) in [4.78, 5) is 11.8. The Morgan fingerprint density at radius 2 is 1.56 bits per heavy atom. The molecule has 0 radical (unpaired) electrons. The van der Waals surface area contributed by atoms with Crippen LogP contribution in [0, 0.1) is 0 Å². The van der Waals surface area contributed by atoms with Crippen molar-refractivity contribution in [2.45, 2.75) is 0 Å². The van der Waals surface area contributed by atoms with Crippen LogP contribution in [0.15, 0.2) is 54.6 Å². The predicted octanol–water partition coefficient (Wildman–Crippen LogP) is 2.52. The van der Waals surface area contributed by atoms with Crippen molar-refractivity contribution in [1.82, 2.24) is 0 Å². The maximum absolute atomic E-state index is 11.8. The fourth-order valence-electron chi connectivity index (χ4n) is 1.36. The van der Waals surface area contributed by atoms with Crippen molar-refractivity contribution < 1.29 is 4.79 Å². The summed E-state index contributed by atoms with van der Waals surface area (Å²) in [6.45, 7) is 0. The van der Waals surface area contributed by atoms with Crippen LogP contribution < -0.4 is 11.1 Å². The largest absolute Gasteiger partial charge is 0.399 e. The van der Waals surface area contributed by atoms with Gasteiger partial charge < -0.3 is 11.1 Å². The first-order valence-electron chi connectivity index (χ1n) is 4.97. The first-order valence-corrected chi connectivity index (χ1v) is 4.97. The fraction of sp³-hybridized carbons (Fsp3) is 0. The molecule has 2 aromatic rings. The first kappa shape index (κ1) is 10.2. The zero-order valence-corrected chi connectivity index (χ0v) is 8.68. The maximum atomic E-state index is 11.8. The third-order valence-electron chi connectivity index (χ3n) is 2.20. The van der Waals surface area contributed by atoms with Crippen LogP contribution in [0.3, 0.4) is 0 Å². The van der Waals surface area contributed by atoms with Crippen LogP contribution >= 0.6 is 0 Å². The van der Waals surface area contributed by atoms with Gasteiger partial charge in [-0.2, -0.15) is 0 Å². The van der Waals surface area contributed by atoms with Crippen LogP contribution in [-0.4, -0.2) is 5.91 Å². The molecular formula is C13H12N2O. The quantitative estimate of drug-likeness (QED) is 0.751. The highest BCUT2D eigenvalue weighted by Gasteiger charge is 2.03. The number of carbonyl (C=O) groups excluding carboxylic acids is 1. The van der Waals surface area contributed by atoms with Crippen molar-refractivity contribution in [3.8, 4) is 0 Å². The van der Waals surface area contributed by atoms with E-state index in [9.17, 15) is 4.79 Å². The molecule has 0 aromatic heterocycles. The maximum Gasteiger partial charge on any atom is 0.255 e. The normalized spacial score (nSPS) is 9.75. The van der Waals surface area contributed by atoms with Gasteiger partial charge in [-0.3, -0.25) is 4.79 Å². The lowest BCUT2D eigenvalue weighted by atomic mass is 10.2. The monoisotopic (exact) mass is 212 g/mol. The SMILES string of the molecule is Nc1ccc(NC(=O)c2ccccc2)cc1. The van der Waals surface area contributed by atoms with Crippen LogP contribution in [0.25, 0.3) is 0 Å². The van der Waals surface area contributed by atoms with Crippen LogP contribution in [0.4, 0.5) is 11.4 Å². The van der Waals surface area contributed by atoms with E-state index in [4.69, 9.17) is 5.73 Å². The number of amides is 1. The van der Waals surface area contributed by atoms with Gasteiger partial charge in [0.05, 0.1) is 0 Å². The van der Waals surface area contributed by atoms with Crippen molar-refractivity contribution in [3.63, 3.8) is 0 Å². The molecule has 0 saturated heterocycles. The van der Waals surface area contributed by atoms with E-state index in [1.165, 1.54) is 0 Å². The van der Waals surface area contributed by atoms with Gasteiger partial charge in [-0.05, 0) is 36.4 Å². The van der Waals surface area contributed by atoms with Crippen LogP contribution in [0.2, 0.25) is 0 Å². The molecule has 80 valence electrons. The third-order valence-corrected chi connectivity index (χ3v) is 2.20. The lowest BCUT2D eigenvalue weighted by Crippen LogP contribution is -2.11. The molecule has 0 aliphatic carbocycles. The van der Waals surface area contributed by atoms with Gasteiger partial charge in [-0.1, -0.05) is 18.2 Å². The van der Waals surface area contributed by atoms with E-state index >= 15 is 0 Å². The van der Waals surface area contributed by atoms with Gasteiger partial charge in [0.25, 0.3) is 5.91 Å². The number of nitrogen functional groups attached to an aromatic ring is 1. The summed E-state index contributed by atoms with van der Waals surface area (Å²) in [5.74, 6) is -0.120. The standard InChI is InChI=1S/C13H12N2O/c14-11-6-8-12(9-7-11)15-13(16)10-4-2-1-3-5-10/h1-9H,14H2,(H,15,16). The van der Waals surface area contributed by atoms with E-state index in [0.717, 1.165) is 5.69 Å². The van der Waals surface area contributed by atoms with Gasteiger partial charge in [0.1, 0.15) is 0 Å². The highest BCUT2D eigenvalue weighted by atomic mass is 16.1. The molecule has 3 nitrogen and oxygen atoms in total. The van der Waals surface area contributed by atoms with Crippen LogP contribution in [0.5, 0.6) is 0 Å². The van der Waals surface area contributed by atoms with Crippen LogP contribution in [-0.2, 0) is 0 Å². The van der Waals surface area contributed by atoms with E-state index in [1.807, 2.05) is 18.2 Å². The molecule has 0 heterocycles. The molecule has 16 heavy (non-hydrogen) atoms. The van der Waals surface area contributed by atoms with Gasteiger partial charge in [0.15, 0.2) is 0 Å². The number of anilines is 2. The second-order valence-electron chi connectivity index (χ2n) is 3.44. The molecule has 0 aliphatic heterocycles. The minimum Gasteiger partial charge on any atom is -0.399 e. The minimum absolute atomic E-state index is 0.120. The predicted molar refractivity (Wildman–Crippen MR) is 65.2 cm³/mol. The molecule has 0 saturated carbocycles. The number of nitrogens with one attached hydrogen (secondary N) is 1. The summed E-state index contributed by atoms with van der Waals surface area (Å²) >= 11 is 0. The Bertz CT molecular complexity index is 477. The number of nitrogens with two attached hydrogens (primary N) is 1. The Morgan fingerprint density at radius 3 is 2.19 bits per heavy atom. The summed E-state index contributed by atoms with van der Waals surface area (Å²) in [6.07, 6.45) is 0. The second kappa shape index (κ2) is 4.49. The van der Waals surface area contributed by atoms with Crippen molar-refractivity contribution in [3.05, 3.63) is 60.2 Å². The second-order valence-corrected chi connectivity index (χ2v) is 3.44. The first-order chi connectivity index (χ1) is 7.75. The van der Waals surface area contributed by atoms with Gasteiger partial charge in [-0.25, -0.2) is 0 Å². The summed E-state index contributed by atoms with van der Waals surface area (Å²) in [5, 5.41) is 2.79. The third kappa shape index (κ3) is 2.39. The zero-order valence-electron chi connectivity index (χ0n) is 8.68. The lowest BCUT2D eigenvalue weighted by Gasteiger charge is -2.05. The van der Waals surface area contributed by atoms with Crippen molar-refractivity contribution in [1.29, 1.82) is 0 Å². The fourth-order valence-corrected chi connectivity index (χ4v) is 1.36. The molecule has 0 spiro atoms. The highest BCUT2D eigenvalue weighted by Crippen LogP contribution is 2.11. The number of benzene rings is 2. The molecule has 0 fully saturated rings. The van der Waals surface area contributed by atoms with E-state index in [0.29, 0.717) is 11.3 Å². The molecular weight excluding hydrogens is 200 g/mol. The Hall–Kier alpha value is -2.29. The molecule has 3 N–H and O–H groups in total. The molecule has 1 amide bonds. The molecule has 0 unspecified atom stereocenters. The van der Waals surface area contributed by atoms with Crippen molar-refractivity contribution >= 4 is 17.3 Å².